The van der Waals surface area contributed by atoms with Crippen molar-refractivity contribution in [2.75, 3.05) is 4.90 Å². The summed E-state index contributed by atoms with van der Waals surface area (Å²) in [6.07, 6.45) is 0. The van der Waals surface area contributed by atoms with E-state index >= 15 is 0 Å². The number of para-hydroxylation sites is 1. The molecule has 0 spiro atoms. The van der Waals surface area contributed by atoms with Gasteiger partial charge in [-0.1, -0.05) is 158 Å². The van der Waals surface area contributed by atoms with E-state index in [1.807, 2.05) is 0 Å². The fourth-order valence-electron chi connectivity index (χ4n) is 7.73. The Morgan fingerprint density at radius 2 is 0.865 bits per heavy atom. The first-order chi connectivity index (χ1) is 25.8. The van der Waals surface area contributed by atoms with Crippen LogP contribution in [0.2, 0.25) is 0 Å². The summed E-state index contributed by atoms with van der Waals surface area (Å²) in [5, 5.41) is 7.02. The Labute approximate surface area is 302 Å². The zero-order valence-electron chi connectivity index (χ0n) is 28.4. The summed E-state index contributed by atoms with van der Waals surface area (Å²) in [6.45, 7) is 0. The van der Waals surface area contributed by atoms with E-state index in [4.69, 9.17) is 4.42 Å². The molecule has 0 saturated carbocycles. The zero-order valence-corrected chi connectivity index (χ0v) is 28.4. The van der Waals surface area contributed by atoms with E-state index < -0.39 is 0 Å². The predicted octanol–water partition coefficient (Wildman–Crippen LogP) is 14.4. The van der Waals surface area contributed by atoms with Crippen molar-refractivity contribution in [1.82, 2.24) is 0 Å². The molecule has 0 aliphatic rings. The molecule has 244 valence electrons. The largest absolute Gasteiger partial charge is 0.456 e. The lowest BCUT2D eigenvalue weighted by molar-refractivity contribution is 0.669. The number of rotatable bonds is 6. The van der Waals surface area contributed by atoms with E-state index in [1.165, 1.54) is 43.8 Å². The van der Waals surface area contributed by atoms with Crippen molar-refractivity contribution in [2.45, 2.75) is 0 Å². The highest BCUT2D eigenvalue weighted by molar-refractivity contribution is 6.17. The first-order valence-corrected chi connectivity index (χ1v) is 17.8. The van der Waals surface area contributed by atoms with Gasteiger partial charge in [0.15, 0.2) is 0 Å². The second kappa shape index (κ2) is 12.5. The van der Waals surface area contributed by atoms with E-state index in [0.29, 0.717) is 0 Å². The van der Waals surface area contributed by atoms with Gasteiger partial charge >= 0.3 is 0 Å². The molecule has 9 aromatic carbocycles. The summed E-state index contributed by atoms with van der Waals surface area (Å²) >= 11 is 0. The molecule has 0 fully saturated rings. The molecule has 0 amide bonds. The normalized spacial score (nSPS) is 11.5. The number of fused-ring (bicyclic) bond motifs is 5. The third-order valence-corrected chi connectivity index (χ3v) is 10.3. The SMILES string of the molecule is c1ccc(-c2ccc(-c3ccc(N(c4ccccc4-c4cccc5oc6cc7ccccc7cc6c45)c4cccc5ccccc45)cc3)cc2)cc1. The molecule has 0 atom stereocenters. The van der Waals surface area contributed by atoms with Crippen molar-refractivity contribution >= 4 is 60.5 Å². The molecule has 1 heterocycles. The Morgan fingerprint density at radius 3 is 1.63 bits per heavy atom. The van der Waals surface area contributed by atoms with Crippen molar-refractivity contribution < 1.29 is 4.42 Å². The number of nitrogens with zero attached hydrogens (tertiary/aromatic N) is 1. The van der Waals surface area contributed by atoms with Crippen LogP contribution in [0.25, 0.3) is 76.9 Å². The average molecular weight is 664 g/mol. The van der Waals surface area contributed by atoms with Crippen LogP contribution in [0.1, 0.15) is 0 Å². The Kier molecular flexibility index (Phi) is 7.18. The Balaban J connectivity index is 1.14. The first-order valence-electron chi connectivity index (χ1n) is 17.8. The molecule has 0 aliphatic heterocycles. The molecular formula is C50H33NO. The number of anilines is 3. The van der Waals surface area contributed by atoms with Gasteiger partial charge in [-0.2, -0.15) is 0 Å². The van der Waals surface area contributed by atoms with Crippen LogP contribution in [0.15, 0.2) is 205 Å². The average Bonchev–Trinajstić information content (AvgIpc) is 3.58. The van der Waals surface area contributed by atoms with Gasteiger partial charge in [0.1, 0.15) is 11.2 Å². The molecule has 0 saturated heterocycles. The maximum absolute atomic E-state index is 6.52. The lowest BCUT2D eigenvalue weighted by atomic mass is 9.95. The topological polar surface area (TPSA) is 16.4 Å². The van der Waals surface area contributed by atoms with Crippen LogP contribution in [-0.4, -0.2) is 0 Å². The molecule has 0 radical (unpaired) electrons. The van der Waals surface area contributed by atoms with Gasteiger partial charge in [-0.3, -0.25) is 0 Å². The summed E-state index contributed by atoms with van der Waals surface area (Å²) in [7, 11) is 0. The zero-order chi connectivity index (χ0) is 34.4. The molecule has 2 heteroatoms. The molecule has 2 nitrogen and oxygen atoms in total. The van der Waals surface area contributed by atoms with Crippen LogP contribution < -0.4 is 4.90 Å². The summed E-state index contributed by atoms with van der Waals surface area (Å²) < 4.78 is 6.52. The second-order valence-electron chi connectivity index (χ2n) is 13.3. The molecule has 10 rings (SSSR count). The van der Waals surface area contributed by atoms with Crippen molar-refractivity contribution in [3.05, 3.63) is 200 Å². The van der Waals surface area contributed by atoms with Gasteiger partial charge in [-0.05, 0) is 86.4 Å². The lowest BCUT2D eigenvalue weighted by Crippen LogP contribution is -2.11. The van der Waals surface area contributed by atoms with Gasteiger partial charge in [0.05, 0.1) is 11.4 Å². The standard InChI is InChI=1S/C50H33NO/c1-2-12-34(13-3-1)35-24-26-36(27-25-35)37-28-30-41(31-29-37)51(46-22-10-17-38-14-6-7-18-42(38)46)47-21-9-8-19-43(47)44-20-11-23-48-50(44)45-32-39-15-4-5-16-40(39)33-49(45)52-48/h1-33H. The van der Waals surface area contributed by atoms with Gasteiger partial charge in [0.25, 0.3) is 0 Å². The third kappa shape index (κ3) is 5.12. The van der Waals surface area contributed by atoms with Crippen molar-refractivity contribution in [3.63, 3.8) is 0 Å². The molecule has 0 unspecified atom stereocenters. The molecule has 0 bridgehead atoms. The van der Waals surface area contributed by atoms with Gasteiger partial charge in [0, 0.05) is 27.4 Å². The van der Waals surface area contributed by atoms with Crippen LogP contribution >= 0.6 is 0 Å². The quantitative estimate of drug-likeness (QED) is 0.176. The Hall–Kier alpha value is -6.90. The maximum atomic E-state index is 6.52. The van der Waals surface area contributed by atoms with Crippen LogP contribution in [0.3, 0.4) is 0 Å². The van der Waals surface area contributed by atoms with Crippen LogP contribution in [0.5, 0.6) is 0 Å². The first kappa shape index (κ1) is 30.0. The van der Waals surface area contributed by atoms with E-state index in [9.17, 15) is 0 Å². The highest BCUT2D eigenvalue weighted by Gasteiger charge is 2.22. The summed E-state index contributed by atoms with van der Waals surface area (Å²) in [5.41, 5.74) is 12.2. The molecule has 0 N–H and O–H groups in total. The lowest BCUT2D eigenvalue weighted by Gasteiger charge is -2.29. The smallest absolute Gasteiger partial charge is 0.136 e. The molecule has 10 aromatic rings. The van der Waals surface area contributed by atoms with Gasteiger partial charge in [0.2, 0.25) is 0 Å². The van der Waals surface area contributed by atoms with E-state index in [0.717, 1.165) is 50.1 Å². The van der Waals surface area contributed by atoms with E-state index in [1.54, 1.807) is 0 Å². The molecule has 1 aromatic heterocycles. The van der Waals surface area contributed by atoms with E-state index in [2.05, 4.69) is 205 Å². The van der Waals surface area contributed by atoms with Gasteiger partial charge in [-0.25, -0.2) is 0 Å². The number of hydrogen-bond acceptors (Lipinski definition) is 2. The van der Waals surface area contributed by atoms with Gasteiger partial charge < -0.3 is 9.32 Å². The number of furan rings is 1. The predicted molar refractivity (Wildman–Crippen MR) is 220 cm³/mol. The molecular weight excluding hydrogens is 631 g/mol. The fraction of sp³-hybridized carbons (Fsp3) is 0. The third-order valence-electron chi connectivity index (χ3n) is 10.3. The number of hydrogen-bond donors (Lipinski definition) is 0. The highest BCUT2D eigenvalue weighted by atomic mass is 16.3. The molecule has 0 aliphatic carbocycles. The van der Waals surface area contributed by atoms with Gasteiger partial charge in [-0.15, -0.1) is 0 Å². The van der Waals surface area contributed by atoms with Crippen LogP contribution in [-0.2, 0) is 0 Å². The van der Waals surface area contributed by atoms with Crippen molar-refractivity contribution in [3.8, 4) is 33.4 Å². The molecule has 52 heavy (non-hydrogen) atoms. The summed E-state index contributed by atoms with van der Waals surface area (Å²) in [4.78, 5) is 2.41. The van der Waals surface area contributed by atoms with Crippen LogP contribution in [0.4, 0.5) is 17.1 Å². The minimum absolute atomic E-state index is 0.886. The van der Waals surface area contributed by atoms with E-state index in [-0.39, 0.29) is 0 Å². The fourth-order valence-corrected chi connectivity index (χ4v) is 7.73. The van der Waals surface area contributed by atoms with Crippen molar-refractivity contribution in [1.29, 1.82) is 0 Å². The maximum Gasteiger partial charge on any atom is 0.136 e. The minimum atomic E-state index is 0.886. The summed E-state index contributed by atoms with van der Waals surface area (Å²) in [6, 6.07) is 71.7. The monoisotopic (exact) mass is 663 g/mol. The minimum Gasteiger partial charge on any atom is -0.456 e. The second-order valence-corrected chi connectivity index (χ2v) is 13.3. The summed E-state index contributed by atoms with van der Waals surface area (Å²) in [5.74, 6) is 0. The van der Waals surface area contributed by atoms with Crippen molar-refractivity contribution in [2.24, 2.45) is 0 Å². The Bertz CT molecular complexity index is 2880. The highest BCUT2D eigenvalue weighted by Crippen LogP contribution is 2.46. The van der Waals surface area contributed by atoms with Crippen LogP contribution in [0, 0.1) is 0 Å². The Morgan fingerprint density at radius 1 is 0.327 bits per heavy atom. The number of benzene rings is 9.